The summed E-state index contributed by atoms with van der Waals surface area (Å²) in [6, 6.07) is 10.6. The number of benzene rings is 1. The molecule has 6 rings (SSSR count). The predicted octanol–water partition coefficient (Wildman–Crippen LogP) is 5.49. The molecular formula is C26H26FN7O2S3. The van der Waals surface area contributed by atoms with Crippen LogP contribution in [0.4, 0.5) is 15.9 Å². The first-order chi connectivity index (χ1) is 18.5. The first-order valence-corrected chi connectivity index (χ1v) is 15.3. The van der Waals surface area contributed by atoms with Crippen molar-refractivity contribution in [3.8, 4) is 21.7 Å². The Labute approximate surface area is 235 Å². The van der Waals surface area contributed by atoms with Crippen LogP contribution < -0.4 is 10.5 Å². The molecule has 1 aliphatic carbocycles. The average molecular weight is 584 g/mol. The van der Waals surface area contributed by atoms with Crippen molar-refractivity contribution in [2.24, 2.45) is 0 Å². The van der Waals surface area contributed by atoms with Gasteiger partial charge in [-0.1, -0.05) is 30.7 Å². The van der Waals surface area contributed by atoms with Crippen molar-refractivity contribution in [3.63, 3.8) is 0 Å². The van der Waals surface area contributed by atoms with Crippen LogP contribution in [-0.4, -0.2) is 40.4 Å². The van der Waals surface area contributed by atoms with E-state index in [0.29, 0.717) is 26.8 Å². The third kappa shape index (κ3) is 5.26. The lowest BCUT2D eigenvalue weighted by Gasteiger charge is -2.12. The highest BCUT2D eigenvalue weighted by Gasteiger charge is 2.23. The van der Waals surface area contributed by atoms with E-state index in [1.54, 1.807) is 24.4 Å². The fourth-order valence-corrected chi connectivity index (χ4v) is 7.26. The SMILES string of the molecule is CSc1nccc(-c2ccc(S(=O)Nc3ccc(-c4cn(C5CCCC5)c5ncnc(N)c45)cc3F)s2)n1.O. The van der Waals surface area contributed by atoms with Gasteiger partial charge in [0.1, 0.15) is 27.8 Å². The first-order valence-electron chi connectivity index (χ1n) is 12.1. The molecular weight excluding hydrogens is 558 g/mol. The Morgan fingerprint density at radius 1 is 1.15 bits per heavy atom. The molecule has 1 aromatic carbocycles. The number of anilines is 2. The van der Waals surface area contributed by atoms with Crippen LogP contribution in [0.5, 0.6) is 0 Å². The highest BCUT2D eigenvalue weighted by molar-refractivity contribution is 7.98. The molecule has 1 atom stereocenters. The van der Waals surface area contributed by atoms with Gasteiger partial charge in [-0.05, 0) is 55.0 Å². The zero-order valence-corrected chi connectivity index (χ0v) is 23.4. The number of fused-ring (bicyclic) bond motifs is 1. The van der Waals surface area contributed by atoms with Gasteiger partial charge in [0.2, 0.25) is 0 Å². The van der Waals surface area contributed by atoms with Gasteiger partial charge in [0, 0.05) is 24.0 Å². The van der Waals surface area contributed by atoms with Gasteiger partial charge in [-0.2, -0.15) is 0 Å². The Bertz CT molecular complexity index is 1670. The molecule has 0 amide bonds. The third-order valence-electron chi connectivity index (χ3n) is 6.67. The van der Waals surface area contributed by atoms with Gasteiger partial charge >= 0.3 is 0 Å². The van der Waals surface area contributed by atoms with Gasteiger partial charge in [0.15, 0.2) is 16.1 Å². The van der Waals surface area contributed by atoms with Crippen molar-refractivity contribution in [1.82, 2.24) is 24.5 Å². The van der Waals surface area contributed by atoms with Crippen molar-refractivity contribution in [3.05, 3.63) is 60.9 Å². The summed E-state index contributed by atoms with van der Waals surface area (Å²) in [4.78, 5) is 18.2. The number of hydrogen-bond acceptors (Lipinski definition) is 8. The molecule has 1 aliphatic rings. The molecule has 5 aromatic rings. The molecule has 4 heterocycles. The fourth-order valence-electron chi connectivity index (χ4n) is 4.84. The smallest absolute Gasteiger partial charge is 0.187 e. The van der Waals surface area contributed by atoms with Crippen LogP contribution in [0.2, 0.25) is 0 Å². The standard InChI is InChI=1S/C26H24FN7OS3.H2O/c1-36-26-29-11-10-20(32-26)21-8-9-22(37-21)38(35)33-19-7-6-15(12-18(19)27)17-13-34(16-4-2-3-5-16)25-23(17)24(28)30-14-31-25;/h6-14,16,33H,2-5H2,1H3,(H2,28,30,31);1H2. The van der Waals surface area contributed by atoms with E-state index in [4.69, 9.17) is 5.73 Å². The number of aromatic nitrogens is 5. The molecule has 1 fully saturated rings. The number of rotatable bonds is 7. The normalized spacial score (nSPS) is 14.4. The van der Waals surface area contributed by atoms with E-state index in [1.165, 1.54) is 48.3 Å². The van der Waals surface area contributed by atoms with Crippen LogP contribution >= 0.6 is 23.1 Å². The van der Waals surface area contributed by atoms with Gasteiger partial charge in [-0.15, -0.1) is 11.3 Å². The van der Waals surface area contributed by atoms with Crippen LogP contribution in [0.1, 0.15) is 31.7 Å². The number of thiophene rings is 1. The summed E-state index contributed by atoms with van der Waals surface area (Å²) in [6.07, 6.45) is 11.6. The molecule has 0 bridgehead atoms. The number of hydrogen-bond donors (Lipinski definition) is 2. The van der Waals surface area contributed by atoms with Crippen LogP contribution in [0.3, 0.4) is 0 Å². The van der Waals surface area contributed by atoms with Crippen molar-refractivity contribution >= 4 is 56.6 Å². The molecule has 1 unspecified atom stereocenters. The Morgan fingerprint density at radius 2 is 1.97 bits per heavy atom. The largest absolute Gasteiger partial charge is 0.412 e. The Kier molecular flexibility index (Phi) is 7.93. The highest BCUT2D eigenvalue weighted by atomic mass is 32.2. The predicted molar refractivity (Wildman–Crippen MR) is 156 cm³/mol. The summed E-state index contributed by atoms with van der Waals surface area (Å²) in [5, 5.41) is 1.39. The second kappa shape index (κ2) is 11.4. The maximum Gasteiger partial charge on any atom is 0.187 e. The highest BCUT2D eigenvalue weighted by Crippen LogP contribution is 2.39. The maximum absolute atomic E-state index is 15.3. The number of nitrogen functional groups attached to an aromatic ring is 1. The minimum absolute atomic E-state index is 0. The Hall–Kier alpha value is -3.39. The summed E-state index contributed by atoms with van der Waals surface area (Å²) >= 11 is 2.80. The number of nitrogens with two attached hydrogens (primary N) is 1. The zero-order chi connectivity index (χ0) is 26.2. The monoisotopic (exact) mass is 583 g/mol. The van der Waals surface area contributed by atoms with E-state index >= 15 is 4.39 Å². The van der Waals surface area contributed by atoms with Crippen molar-refractivity contribution in [2.45, 2.75) is 41.1 Å². The van der Waals surface area contributed by atoms with E-state index in [9.17, 15) is 4.21 Å². The third-order valence-corrected chi connectivity index (χ3v) is 9.75. The molecule has 202 valence electrons. The Balaban J connectivity index is 0.00000308. The van der Waals surface area contributed by atoms with E-state index in [-0.39, 0.29) is 11.2 Å². The minimum Gasteiger partial charge on any atom is -0.412 e. The quantitative estimate of drug-likeness (QED) is 0.191. The molecule has 0 saturated heterocycles. The number of halogens is 1. The molecule has 9 nitrogen and oxygen atoms in total. The molecule has 5 N–H and O–H groups in total. The van der Waals surface area contributed by atoms with E-state index in [2.05, 4.69) is 29.2 Å². The van der Waals surface area contributed by atoms with E-state index < -0.39 is 16.8 Å². The lowest BCUT2D eigenvalue weighted by atomic mass is 10.1. The number of nitrogens with zero attached hydrogens (tertiary/aromatic N) is 5. The van der Waals surface area contributed by atoms with Crippen LogP contribution in [0.25, 0.3) is 32.7 Å². The molecule has 0 spiro atoms. The number of nitrogens with one attached hydrogen (secondary N) is 1. The average Bonchev–Trinajstić information content (AvgIpc) is 3.70. The van der Waals surface area contributed by atoms with Crippen molar-refractivity contribution < 1.29 is 14.1 Å². The zero-order valence-electron chi connectivity index (χ0n) is 20.9. The molecule has 4 aromatic heterocycles. The summed E-state index contributed by atoms with van der Waals surface area (Å²) < 4.78 is 33.9. The lowest BCUT2D eigenvalue weighted by molar-refractivity contribution is 0.532. The summed E-state index contributed by atoms with van der Waals surface area (Å²) in [5.41, 5.74) is 9.37. The molecule has 1 saturated carbocycles. The van der Waals surface area contributed by atoms with Crippen LogP contribution in [-0.2, 0) is 11.0 Å². The second-order valence-corrected chi connectivity index (χ2v) is 12.3. The summed E-state index contributed by atoms with van der Waals surface area (Å²) in [7, 11) is -1.64. The lowest BCUT2D eigenvalue weighted by Crippen LogP contribution is -2.05. The van der Waals surface area contributed by atoms with Gasteiger partial charge in [0.25, 0.3) is 0 Å². The first kappa shape index (κ1) is 27.2. The fraction of sp³-hybridized carbons (Fsp3) is 0.231. The topological polar surface area (TPSA) is 143 Å². The molecule has 0 aliphatic heterocycles. The maximum atomic E-state index is 15.3. The summed E-state index contributed by atoms with van der Waals surface area (Å²) in [6.45, 7) is 0. The minimum atomic E-state index is -1.64. The van der Waals surface area contributed by atoms with Crippen molar-refractivity contribution in [2.75, 3.05) is 16.7 Å². The van der Waals surface area contributed by atoms with E-state index in [1.807, 2.05) is 24.6 Å². The Morgan fingerprint density at radius 3 is 2.74 bits per heavy atom. The number of thioether (sulfide) groups is 1. The van der Waals surface area contributed by atoms with Crippen LogP contribution in [0, 0.1) is 5.82 Å². The van der Waals surface area contributed by atoms with Gasteiger partial charge in [0.05, 0.1) is 21.6 Å². The van der Waals surface area contributed by atoms with Gasteiger partial charge in [-0.25, -0.2) is 28.5 Å². The summed E-state index contributed by atoms with van der Waals surface area (Å²) in [5.74, 6) is -0.141. The molecule has 39 heavy (non-hydrogen) atoms. The molecule has 0 radical (unpaired) electrons. The second-order valence-electron chi connectivity index (χ2n) is 8.96. The van der Waals surface area contributed by atoms with E-state index in [0.717, 1.165) is 40.0 Å². The van der Waals surface area contributed by atoms with Gasteiger partial charge < -0.3 is 15.8 Å². The van der Waals surface area contributed by atoms with Crippen LogP contribution in [0.15, 0.2) is 64.5 Å². The van der Waals surface area contributed by atoms with Gasteiger partial charge in [-0.3, -0.25) is 4.72 Å². The molecule has 13 heteroatoms. The van der Waals surface area contributed by atoms with Crippen molar-refractivity contribution in [1.29, 1.82) is 0 Å².